The van der Waals surface area contributed by atoms with Crippen LogP contribution in [0.3, 0.4) is 0 Å². The van der Waals surface area contributed by atoms with Crippen LogP contribution in [0.1, 0.15) is 32.6 Å². The summed E-state index contributed by atoms with van der Waals surface area (Å²) >= 11 is 0. The van der Waals surface area contributed by atoms with Crippen molar-refractivity contribution in [3.8, 4) is 0 Å². The van der Waals surface area contributed by atoms with Crippen LogP contribution < -0.4 is 11.1 Å². The third kappa shape index (κ3) is 4.11. The van der Waals surface area contributed by atoms with Gasteiger partial charge in [-0.25, -0.2) is 0 Å². The quantitative estimate of drug-likeness (QED) is 0.259. The van der Waals surface area contributed by atoms with Crippen molar-refractivity contribution in [2.24, 2.45) is 16.8 Å². The molecule has 0 bridgehead atoms. The summed E-state index contributed by atoms with van der Waals surface area (Å²) in [5.74, 6) is 0.793. The van der Waals surface area contributed by atoms with E-state index in [1.54, 1.807) is 0 Å². The fourth-order valence-electron chi connectivity index (χ4n) is 1.32. The second-order valence-electron chi connectivity index (χ2n) is 3.91. The third-order valence-electron chi connectivity index (χ3n) is 2.22. The second-order valence-corrected chi connectivity index (χ2v) is 3.91. The maximum Gasteiger partial charge on any atom is 0.220 e. The van der Waals surface area contributed by atoms with Gasteiger partial charge in [-0.2, -0.15) is 0 Å². The highest BCUT2D eigenvalue weighted by Gasteiger charge is 2.24. The number of nitrogens with zero attached hydrogens (tertiary/aromatic N) is 1. The van der Waals surface area contributed by atoms with Crippen molar-refractivity contribution in [1.82, 2.24) is 5.32 Å². The molecule has 5 nitrogen and oxygen atoms in total. The Hall–Kier alpha value is -1.26. The average Bonchev–Trinajstić information content (AvgIpc) is 2.87. The molecule has 1 unspecified atom stereocenters. The lowest BCUT2D eigenvalue weighted by atomic mass is 10.2. The van der Waals surface area contributed by atoms with E-state index in [2.05, 4.69) is 10.5 Å². The molecule has 0 spiro atoms. The molecule has 1 saturated carbocycles. The molecule has 0 aromatic rings. The van der Waals surface area contributed by atoms with Crippen LogP contribution in [0.25, 0.3) is 0 Å². The van der Waals surface area contributed by atoms with E-state index in [1.165, 1.54) is 12.8 Å². The van der Waals surface area contributed by atoms with Crippen LogP contribution in [0.4, 0.5) is 0 Å². The number of carbonyl (C=O) groups is 1. The third-order valence-corrected chi connectivity index (χ3v) is 2.22. The van der Waals surface area contributed by atoms with E-state index in [1.807, 2.05) is 6.92 Å². The Balaban J connectivity index is 2.17. The molecule has 5 heteroatoms. The second kappa shape index (κ2) is 4.83. The lowest BCUT2D eigenvalue weighted by Crippen LogP contribution is -2.35. The average molecular weight is 199 g/mol. The minimum absolute atomic E-state index is 0.0609. The summed E-state index contributed by atoms with van der Waals surface area (Å²) in [4.78, 5) is 11.3. The van der Waals surface area contributed by atoms with Crippen LogP contribution in [-0.4, -0.2) is 23.0 Å². The lowest BCUT2D eigenvalue weighted by molar-refractivity contribution is -0.121. The van der Waals surface area contributed by atoms with Gasteiger partial charge in [-0.15, -0.1) is 0 Å². The molecule has 0 aromatic heterocycles. The molecular formula is C9H17N3O2. The van der Waals surface area contributed by atoms with Gasteiger partial charge in [0.2, 0.25) is 5.91 Å². The van der Waals surface area contributed by atoms with Gasteiger partial charge in [0.1, 0.15) is 5.84 Å². The predicted molar refractivity (Wildman–Crippen MR) is 53.0 cm³/mol. The molecule has 4 N–H and O–H groups in total. The van der Waals surface area contributed by atoms with Crippen molar-refractivity contribution in [3.63, 3.8) is 0 Å². The molecular weight excluding hydrogens is 182 g/mol. The van der Waals surface area contributed by atoms with Crippen LogP contribution in [0.2, 0.25) is 0 Å². The monoisotopic (exact) mass is 199 g/mol. The van der Waals surface area contributed by atoms with E-state index >= 15 is 0 Å². The summed E-state index contributed by atoms with van der Waals surface area (Å²) in [6, 6.07) is -0.0721. The zero-order chi connectivity index (χ0) is 10.6. The first-order valence-electron chi connectivity index (χ1n) is 4.87. The summed E-state index contributed by atoms with van der Waals surface area (Å²) in [6.07, 6.45) is 3.33. The minimum Gasteiger partial charge on any atom is -0.409 e. The van der Waals surface area contributed by atoms with Crippen LogP contribution in [0.15, 0.2) is 5.16 Å². The summed E-state index contributed by atoms with van der Waals surface area (Å²) in [5.41, 5.74) is 5.31. The van der Waals surface area contributed by atoms with E-state index in [9.17, 15) is 4.79 Å². The maximum absolute atomic E-state index is 11.3. The zero-order valence-electron chi connectivity index (χ0n) is 8.36. The Morgan fingerprint density at radius 3 is 2.86 bits per heavy atom. The van der Waals surface area contributed by atoms with Crippen LogP contribution in [0, 0.1) is 5.92 Å². The van der Waals surface area contributed by atoms with Gasteiger partial charge in [0, 0.05) is 18.9 Å². The highest BCUT2D eigenvalue weighted by atomic mass is 16.4. The van der Waals surface area contributed by atoms with Gasteiger partial charge in [-0.3, -0.25) is 4.79 Å². The summed E-state index contributed by atoms with van der Waals surface area (Å²) < 4.78 is 0. The topological polar surface area (TPSA) is 87.7 Å². The van der Waals surface area contributed by atoms with E-state index in [0.717, 1.165) is 0 Å². The molecule has 0 radical (unpaired) electrons. The molecule has 14 heavy (non-hydrogen) atoms. The van der Waals surface area contributed by atoms with Crippen molar-refractivity contribution in [2.45, 2.75) is 38.6 Å². The van der Waals surface area contributed by atoms with Gasteiger partial charge >= 0.3 is 0 Å². The minimum atomic E-state index is -0.0721. The fourth-order valence-corrected chi connectivity index (χ4v) is 1.32. The number of hydrogen-bond donors (Lipinski definition) is 3. The number of amides is 1. The van der Waals surface area contributed by atoms with Gasteiger partial charge in [0.05, 0.1) is 0 Å². The Kier molecular flexibility index (Phi) is 3.73. The Morgan fingerprint density at radius 2 is 2.36 bits per heavy atom. The molecule has 1 aliphatic rings. The van der Waals surface area contributed by atoms with Crippen molar-refractivity contribution in [3.05, 3.63) is 0 Å². The van der Waals surface area contributed by atoms with E-state index in [0.29, 0.717) is 18.8 Å². The molecule has 80 valence electrons. The van der Waals surface area contributed by atoms with Crippen LogP contribution >= 0.6 is 0 Å². The largest absolute Gasteiger partial charge is 0.409 e. The van der Waals surface area contributed by atoms with Crippen molar-refractivity contribution < 1.29 is 10.0 Å². The fraction of sp³-hybridized carbons (Fsp3) is 0.778. The molecule has 0 aromatic carbocycles. The summed E-state index contributed by atoms with van der Waals surface area (Å²) in [7, 11) is 0. The summed E-state index contributed by atoms with van der Waals surface area (Å²) in [5, 5.41) is 14.0. The Bertz CT molecular complexity index is 236. The molecule has 1 fully saturated rings. The van der Waals surface area contributed by atoms with E-state index in [4.69, 9.17) is 10.9 Å². The first kappa shape index (κ1) is 10.8. The lowest BCUT2D eigenvalue weighted by Gasteiger charge is -2.12. The zero-order valence-corrected chi connectivity index (χ0v) is 8.36. The normalized spacial score (nSPS) is 19.1. The van der Waals surface area contributed by atoms with Crippen LogP contribution in [0.5, 0.6) is 0 Å². The van der Waals surface area contributed by atoms with E-state index in [-0.39, 0.29) is 17.8 Å². The Labute approximate surface area is 83.3 Å². The first-order chi connectivity index (χ1) is 6.61. The number of rotatable bonds is 5. The Morgan fingerprint density at radius 1 is 1.71 bits per heavy atom. The molecule has 0 saturated heterocycles. The molecule has 0 aliphatic heterocycles. The van der Waals surface area contributed by atoms with Crippen LogP contribution in [-0.2, 0) is 4.79 Å². The van der Waals surface area contributed by atoms with Crippen molar-refractivity contribution in [2.75, 3.05) is 0 Å². The molecule has 1 rings (SSSR count). The molecule has 1 atom stereocenters. The number of nitrogens with one attached hydrogen (secondary N) is 1. The highest BCUT2D eigenvalue weighted by molar-refractivity contribution is 5.82. The highest BCUT2D eigenvalue weighted by Crippen LogP contribution is 2.32. The maximum atomic E-state index is 11.3. The number of hydrogen-bond acceptors (Lipinski definition) is 3. The van der Waals surface area contributed by atoms with Gasteiger partial charge < -0.3 is 16.3 Å². The number of carbonyl (C=O) groups excluding carboxylic acids is 1. The number of nitrogens with two attached hydrogens (primary N) is 1. The SMILES string of the molecule is CC(CC(N)=NO)NC(=O)CC1CC1. The predicted octanol–water partition coefficient (Wildman–Crippen LogP) is 0.428. The van der Waals surface area contributed by atoms with E-state index < -0.39 is 0 Å². The molecule has 0 heterocycles. The summed E-state index contributed by atoms with van der Waals surface area (Å²) in [6.45, 7) is 1.84. The number of oxime groups is 1. The standard InChI is InChI=1S/C9H17N3O2/c1-6(4-8(10)12-14)11-9(13)5-7-2-3-7/h6-7,14H,2-5H2,1H3,(H2,10,12)(H,11,13). The smallest absolute Gasteiger partial charge is 0.220 e. The number of amidine groups is 1. The molecule has 1 amide bonds. The van der Waals surface area contributed by atoms with Gasteiger partial charge in [-0.1, -0.05) is 5.16 Å². The van der Waals surface area contributed by atoms with Gasteiger partial charge in [-0.05, 0) is 25.7 Å². The first-order valence-corrected chi connectivity index (χ1v) is 4.87. The molecule has 1 aliphatic carbocycles. The van der Waals surface area contributed by atoms with Gasteiger partial charge in [0.25, 0.3) is 0 Å². The van der Waals surface area contributed by atoms with Gasteiger partial charge in [0.15, 0.2) is 0 Å². The van der Waals surface area contributed by atoms with Crippen molar-refractivity contribution >= 4 is 11.7 Å². The van der Waals surface area contributed by atoms with Crippen molar-refractivity contribution in [1.29, 1.82) is 0 Å².